The van der Waals surface area contributed by atoms with Crippen molar-refractivity contribution in [2.75, 3.05) is 0 Å². The zero-order chi connectivity index (χ0) is 14.9. The molecule has 1 aromatic rings. The number of urea groups is 1. The van der Waals surface area contributed by atoms with E-state index in [1.54, 1.807) is 0 Å². The van der Waals surface area contributed by atoms with Gasteiger partial charge in [0.2, 0.25) is 0 Å². The molecule has 3 rings (SSSR count). The Kier molecular flexibility index (Phi) is 3.57. The van der Waals surface area contributed by atoms with Crippen LogP contribution in [0.4, 0.5) is 4.79 Å². The summed E-state index contributed by atoms with van der Waals surface area (Å²) in [6, 6.07) is 10.0. The molecule has 21 heavy (non-hydrogen) atoms. The summed E-state index contributed by atoms with van der Waals surface area (Å²) in [6.07, 6.45) is 3.43. The van der Waals surface area contributed by atoms with E-state index in [9.17, 15) is 9.59 Å². The highest BCUT2D eigenvalue weighted by Crippen LogP contribution is 2.41. The standard InChI is InChI=1S/C16H20N2O3/c19-14(20)10-16(7-4-8-16)18-15(21)17-13-9-12(13)11-5-2-1-3-6-11/h1-3,5-6,12-13H,4,7-10H2,(H,19,20)(H2,17,18,21). The second-order valence-electron chi connectivity index (χ2n) is 6.16. The van der Waals surface area contributed by atoms with Crippen LogP contribution in [0.3, 0.4) is 0 Å². The average Bonchev–Trinajstić information content (AvgIpc) is 3.15. The average molecular weight is 288 g/mol. The van der Waals surface area contributed by atoms with Gasteiger partial charge in [0.25, 0.3) is 0 Å². The van der Waals surface area contributed by atoms with Crippen LogP contribution in [-0.4, -0.2) is 28.7 Å². The van der Waals surface area contributed by atoms with Gasteiger partial charge in [-0.1, -0.05) is 30.3 Å². The van der Waals surface area contributed by atoms with E-state index in [1.807, 2.05) is 18.2 Å². The first-order chi connectivity index (χ1) is 10.1. The monoisotopic (exact) mass is 288 g/mol. The summed E-state index contributed by atoms with van der Waals surface area (Å²) in [5.74, 6) is -0.475. The van der Waals surface area contributed by atoms with E-state index in [2.05, 4.69) is 22.8 Å². The first-order valence-electron chi connectivity index (χ1n) is 7.43. The fraction of sp³-hybridized carbons (Fsp3) is 0.500. The summed E-state index contributed by atoms with van der Waals surface area (Å²) < 4.78 is 0. The lowest BCUT2D eigenvalue weighted by atomic mass is 9.74. The third-order valence-corrected chi connectivity index (χ3v) is 4.51. The zero-order valence-electron chi connectivity index (χ0n) is 11.8. The number of aliphatic carboxylic acids is 1. The Morgan fingerprint density at radius 2 is 1.95 bits per heavy atom. The number of hydrogen-bond acceptors (Lipinski definition) is 2. The van der Waals surface area contributed by atoms with E-state index in [1.165, 1.54) is 5.56 Å². The normalized spacial score (nSPS) is 25.5. The Morgan fingerprint density at radius 1 is 1.24 bits per heavy atom. The Balaban J connectivity index is 1.50. The Bertz CT molecular complexity index is 540. The summed E-state index contributed by atoms with van der Waals surface area (Å²) >= 11 is 0. The molecule has 2 aliphatic rings. The molecule has 2 saturated carbocycles. The highest BCUT2D eigenvalue weighted by Gasteiger charge is 2.43. The van der Waals surface area contributed by atoms with Gasteiger partial charge >= 0.3 is 12.0 Å². The summed E-state index contributed by atoms with van der Waals surface area (Å²) in [4.78, 5) is 22.9. The van der Waals surface area contributed by atoms with Gasteiger partial charge in [0.15, 0.2) is 0 Å². The number of nitrogens with one attached hydrogen (secondary N) is 2. The van der Waals surface area contributed by atoms with Crippen LogP contribution in [0.25, 0.3) is 0 Å². The predicted molar refractivity (Wildman–Crippen MR) is 78.1 cm³/mol. The lowest BCUT2D eigenvalue weighted by Crippen LogP contribution is -2.57. The van der Waals surface area contributed by atoms with Gasteiger partial charge in [-0.05, 0) is 31.2 Å². The van der Waals surface area contributed by atoms with E-state index in [0.29, 0.717) is 5.92 Å². The van der Waals surface area contributed by atoms with Gasteiger partial charge in [0, 0.05) is 12.0 Å². The molecule has 0 aliphatic heterocycles. The molecule has 3 N–H and O–H groups in total. The number of amides is 2. The molecule has 0 aromatic heterocycles. The first-order valence-corrected chi connectivity index (χ1v) is 7.43. The van der Waals surface area contributed by atoms with Crippen LogP contribution in [-0.2, 0) is 4.79 Å². The molecule has 0 saturated heterocycles. The van der Waals surface area contributed by atoms with E-state index < -0.39 is 11.5 Å². The summed E-state index contributed by atoms with van der Waals surface area (Å²) in [6.45, 7) is 0. The van der Waals surface area contributed by atoms with Crippen LogP contribution in [0.15, 0.2) is 30.3 Å². The molecular weight excluding hydrogens is 268 g/mol. The van der Waals surface area contributed by atoms with Gasteiger partial charge < -0.3 is 15.7 Å². The quantitative estimate of drug-likeness (QED) is 0.777. The third-order valence-electron chi connectivity index (χ3n) is 4.51. The highest BCUT2D eigenvalue weighted by atomic mass is 16.4. The van der Waals surface area contributed by atoms with Gasteiger partial charge in [-0.2, -0.15) is 0 Å². The lowest BCUT2D eigenvalue weighted by molar-refractivity contribution is -0.139. The molecule has 0 spiro atoms. The minimum atomic E-state index is -0.858. The molecule has 5 heteroatoms. The van der Waals surface area contributed by atoms with Crippen molar-refractivity contribution in [2.45, 2.75) is 49.6 Å². The van der Waals surface area contributed by atoms with Crippen molar-refractivity contribution in [2.24, 2.45) is 0 Å². The molecule has 112 valence electrons. The Labute approximate surface area is 123 Å². The fourth-order valence-corrected chi connectivity index (χ4v) is 3.11. The molecule has 2 unspecified atom stereocenters. The van der Waals surface area contributed by atoms with Gasteiger partial charge in [0.1, 0.15) is 0 Å². The van der Waals surface area contributed by atoms with Crippen molar-refractivity contribution in [3.8, 4) is 0 Å². The predicted octanol–water partition coefficient (Wildman–Crippen LogP) is 2.24. The number of carbonyl (C=O) groups is 2. The van der Waals surface area contributed by atoms with E-state index >= 15 is 0 Å². The van der Waals surface area contributed by atoms with Crippen LogP contribution < -0.4 is 10.6 Å². The number of hydrogen-bond donors (Lipinski definition) is 3. The second-order valence-corrected chi connectivity index (χ2v) is 6.16. The molecule has 0 bridgehead atoms. The smallest absolute Gasteiger partial charge is 0.315 e. The first kappa shape index (κ1) is 13.9. The highest BCUT2D eigenvalue weighted by molar-refractivity contribution is 5.77. The van der Waals surface area contributed by atoms with E-state index in [-0.39, 0.29) is 18.5 Å². The van der Waals surface area contributed by atoms with Crippen LogP contribution in [0.2, 0.25) is 0 Å². The van der Waals surface area contributed by atoms with E-state index in [0.717, 1.165) is 25.7 Å². The molecule has 0 heterocycles. The number of carboxylic acid groups (broad SMARTS) is 1. The van der Waals surface area contributed by atoms with Crippen molar-refractivity contribution in [3.63, 3.8) is 0 Å². The molecule has 1 aromatic carbocycles. The SMILES string of the molecule is O=C(O)CC1(NC(=O)NC2CC2c2ccccc2)CCC1. The molecule has 2 aliphatic carbocycles. The summed E-state index contributed by atoms with van der Waals surface area (Å²) in [5, 5.41) is 14.8. The summed E-state index contributed by atoms with van der Waals surface area (Å²) in [5.41, 5.74) is 0.708. The molecule has 0 radical (unpaired) electrons. The minimum absolute atomic E-state index is 0.00714. The molecule has 5 nitrogen and oxygen atoms in total. The second kappa shape index (κ2) is 5.39. The molecule has 2 fully saturated rings. The van der Waals surface area contributed by atoms with Gasteiger partial charge in [-0.25, -0.2) is 4.79 Å². The van der Waals surface area contributed by atoms with Crippen LogP contribution >= 0.6 is 0 Å². The molecule has 2 amide bonds. The number of carbonyl (C=O) groups excluding carboxylic acids is 1. The minimum Gasteiger partial charge on any atom is -0.481 e. The Hall–Kier alpha value is -2.04. The number of rotatable bonds is 5. The zero-order valence-corrected chi connectivity index (χ0v) is 11.8. The van der Waals surface area contributed by atoms with Crippen molar-refractivity contribution in [1.82, 2.24) is 10.6 Å². The maximum absolute atomic E-state index is 12.0. The maximum atomic E-state index is 12.0. The van der Waals surface area contributed by atoms with Gasteiger partial charge in [0.05, 0.1) is 12.0 Å². The number of carboxylic acids is 1. The number of benzene rings is 1. The summed E-state index contributed by atoms with van der Waals surface area (Å²) in [7, 11) is 0. The third kappa shape index (κ3) is 3.17. The molecule has 2 atom stereocenters. The van der Waals surface area contributed by atoms with Crippen molar-refractivity contribution < 1.29 is 14.7 Å². The maximum Gasteiger partial charge on any atom is 0.315 e. The van der Waals surface area contributed by atoms with E-state index in [4.69, 9.17) is 5.11 Å². The van der Waals surface area contributed by atoms with Gasteiger partial charge in [-0.15, -0.1) is 0 Å². The van der Waals surface area contributed by atoms with Crippen molar-refractivity contribution in [1.29, 1.82) is 0 Å². The largest absolute Gasteiger partial charge is 0.481 e. The van der Waals surface area contributed by atoms with Crippen molar-refractivity contribution in [3.05, 3.63) is 35.9 Å². The van der Waals surface area contributed by atoms with Gasteiger partial charge in [-0.3, -0.25) is 4.79 Å². The fourth-order valence-electron chi connectivity index (χ4n) is 3.11. The van der Waals surface area contributed by atoms with Crippen LogP contribution in [0.5, 0.6) is 0 Å². The Morgan fingerprint density at radius 3 is 2.52 bits per heavy atom. The van der Waals surface area contributed by atoms with Crippen LogP contribution in [0.1, 0.15) is 43.6 Å². The topological polar surface area (TPSA) is 78.4 Å². The lowest BCUT2D eigenvalue weighted by Gasteiger charge is -2.41. The van der Waals surface area contributed by atoms with Crippen LogP contribution in [0, 0.1) is 0 Å². The molecular formula is C16H20N2O3. The van der Waals surface area contributed by atoms with Crippen molar-refractivity contribution >= 4 is 12.0 Å².